The van der Waals surface area contributed by atoms with E-state index in [0.717, 1.165) is 54.0 Å². The Bertz CT molecular complexity index is 917. The first-order valence-corrected chi connectivity index (χ1v) is 16.2. The molecule has 5 aliphatic rings. The van der Waals surface area contributed by atoms with Crippen molar-refractivity contribution in [3.63, 3.8) is 0 Å². The molecule has 208 valence electrons. The average Bonchev–Trinajstić information content (AvgIpc) is 3.20. The quantitative estimate of drug-likeness (QED) is 0.299. The van der Waals surface area contributed by atoms with E-state index < -0.39 is 0 Å². The van der Waals surface area contributed by atoms with Gasteiger partial charge in [-0.3, -0.25) is 0 Å². The molecule has 0 saturated heterocycles. The molecule has 0 radical (unpaired) electrons. The molecule has 0 aromatic rings. The molecular formula is C34H56N2O. The molecule has 3 fully saturated rings. The molecule has 1 aliphatic heterocycles. The second-order valence-corrected chi connectivity index (χ2v) is 14.8. The first-order valence-electron chi connectivity index (χ1n) is 16.2. The van der Waals surface area contributed by atoms with Crippen molar-refractivity contribution in [3.8, 4) is 0 Å². The van der Waals surface area contributed by atoms with Gasteiger partial charge < -0.3 is 10.6 Å². The average molecular weight is 509 g/mol. The molecule has 2 amide bonds. The SMILES string of the molecule is CCCCCC1NC(=O)NC2=C1C[C@@]1(C)C(=C2)CCC2C1CC[C@@]1(C)C2CC[C@@H]1[C@H](C)CCCC(C)C. The van der Waals surface area contributed by atoms with Gasteiger partial charge in [-0.1, -0.05) is 85.6 Å². The molecule has 0 aromatic carbocycles. The van der Waals surface area contributed by atoms with Gasteiger partial charge in [0.2, 0.25) is 0 Å². The molecule has 4 unspecified atom stereocenters. The van der Waals surface area contributed by atoms with Crippen LogP contribution in [-0.4, -0.2) is 12.1 Å². The summed E-state index contributed by atoms with van der Waals surface area (Å²) in [4.78, 5) is 12.5. The van der Waals surface area contributed by atoms with E-state index in [0.29, 0.717) is 5.41 Å². The number of rotatable bonds is 9. The van der Waals surface area contributed by atoms with Crippen molar-refractivity contribution in [1.82, 2.24) is 10.6 Å². The van der Waals surface area contributed by atoms with Crippen LogP contribution in [0, 0.1) is 46.3 Å². The maximum atomic E-state index is 12.5. The van der Waals surface area contributed by atoms with Crippen LogP contribution in [0.1, 0.15) is 131 Å². The summed E-state index contributed by atoms with van der Waals surface area (Å²) in [6, 6.07) is 0.226. The monoisotopic (exact) mass is 508 g/mol. The van der Waals surface area contributed by atoms with Crippen molar-refractivity contribution < 1.29 is 4.79 Å². The minimum atomic E-state index is 0.00216. The zero-order valence-corrected chi connectivity index (χ0v) is 24.9. The van der Waals surface area contributed by atoms with Crippen molar-refractivity contribution in [2.24, 2.45) is 46.3 Å². The topological polar surface area (TPSA) is 41.1 Å². The van der Waals surface area contributed by atoms with Gasteiger partial charge in [-0.05, 0) is 109 Å². The van der Waals surface area contributed by atoms with E-state index in [2.05, 4.69) is 58.3 Å². The Morgan fingerprint density at radius 3 is 2.57 bits per heavy atom. The van der Waals surface area contributed by atoms with Gasteiger partial charge in [-0.2, -0.15) is 0 Å². The van der Waals surface area contributed by atoms with Crippen LogP contribution in [0.4, 0.5) is 4.79 Å². The van der Waals surface area contributed by atoms with Crippen molar-refractivity contribution in [2.45, 2.75) is 137 Å². The third kappa shape index (κ3) is 4.95. The molecule has 3 nitrogen and oxygen atoms in total. The molecule has 0 spiro atoms. The Kier molecular flexibility index (Phi) is 7.92. The summed E-state index contributed by atoms with van der Waals surface area (Å²) in [5.74, 6) is 5.26. The maximum Gasteiger partial charge on any atom is 0.319 e. The first-order chi connectivity index (χ1) is 17.7. The fourth-order valence-corrected chi connectivity index (χ4v) is 10.3. The standard InChI is InChI=1S/C34H56N2O/c1-7-8-9-13-30-26-21-34(6)24(20-31(26)36-32(37)35-30)14-15-25-28-17-16-27(23(4)12-10-11-22(2)3)33(28,5)19-18-29(25)34/h20,22-23,25,27-30H,7-19,21H2,1-6H3,(H2,35,36,37)/t23-,25?,27-,28?,29?,30?,33-,34+/m1/s1. The summed E-state index contributed by atoms with van der Waals surface area (Å²) >= 11 is 0. The maximum absolute atomic E-state index is 12.5. The molecule has 1 heterocycles. The van der Waals surface area contributed by atoms with Crippen LogP contribution in [0.25, 0.3) is 0 Å². The number of amides is 2. The lowest BCUT2D eigenvalue weighted by Gasteiger charge is -2.59. The van der Waals surface area contributed by atoms with E-state index in [9.17, 15) is 4.79 Å². The van der Waals surface area contributed by atoms with Crippen LogP contribution in [0.5, 0.6) is 0 Å². The van der Waals surface area contributed by atoms with E-state index in [4.69, 9.17) is 0 Å². The summed E-state index contributed by atoms with van der Waals surface area (Å²) < 4.78 is 0. The number of carbonyl (C=O) groups is 1. The van der Waals surface area contributed by atoms with E-state index in [1.54, 1.807) is 5.57 Å². The van der Waals surface area contributed by atoms with E-state index in [-0.39, 0.29) is 17.5 Å². The van der Waals surface area contributed by atoms with Crippen molar-refractivity contribution >= 4 is 6.03 Å². The summed E-state index contributed by atoms with van der Waals surface area (Å²) in [6.07, 6.45) is 21.0. The van der Waals surface area contributed by atoms with Gasteiger partial charge in [0, 0.05) is 5.70 Å². The molecule has 0 bridgehead atoms. The number of hydrogen-bond acceptors (Lipinski definition) is 1. The third-order valence-electron chi connectivity index (χ3n) is 12.2. The van der Waals surface area contributed by atoms with Gasteiger partial charge in [0.25, 0.3) is 0 Å². The van der Waals surface area contributed by atoms with Gasteiger partial charge in [-0.25, -0.2) is 4.79 Å². The third-order valence-corrected chi connectivity index (χ3v) is 12.2. The second kappa shape index (κ2) is 10.7. The van der Waals surface area contributed by atoms with Crippen LogP contribution < -0.4 is 10.6 Å². The largest absolute Gasteiger partial charge is 0.331 e. The predicted molar refractivity (Wildman–Crippen MR) is 155 cm³/mol. The molecule has 4 aliphatic carbocycles. The molecule has 8 atom stereocenters. The number of nitrogens with one attached hydrogen (secondary N) is 2. The highest BCUT2D eigenvalue weighted by molar-refractivity contribution is 5.79. The molecule has 0 aromatic heterocycles. The van der Waals surface area contributed by atoms with Crippen molar-refractivity contribution in [1.29, 1.82) is 0 Å². The molecule has 37 heavy (non-hydrogen) atoms. The molecule has 3 saturated carbocycles. The van der Waals surface area contributed by atoms with Gasteiger partial charge in [0.05, 0.1) is 6.04 Å². The van der Waals surface area contributed by atoms with Crippen LogP contribution in [0.15, 0.2) is 22.9 Å². The Labute approximate surface area is 228 Å². The molecule has 5 rings (SSSR count). The minimum absolute atomic E-state index is 0.00216. The molecule has 2 N–H and O–H groups in total. The zero-order valence-electron chi connectivity index (χ0n) is 24.9. The highest BCUT2D eigenvalue weighted by Crippen LogP contribution is 2.68. The Morgan fingerprint density at radius 1 is 1.00 bits per heavy atom. The Hall–Kier alpha value is -1.25. The van der Waals surface area contributed by atoms with Crippen molar-refractivity contribution in [2.75, 3.05) is 0 Å². The number of urea groups is 1. The van der Waals surface area contributed by atoms with E-state index >= 15 is 0 Å². The van der Waals surface area contributed by atoms with E-state index in [1.165, 1.54) is 82.6 Å². The van der Waals surface area contributed by atoms with Crippen LogP contribution in [0.3, 0.4) is 0 Å². The van der Waals surface area contributed by atoms with Crippen molar-refractivity contribution in [3.05, 3.63) is 22.9 Å². The van der Waals surface area contributed by atoms with E-state index in [1.807, 2.05) is 0 Å². The fraction of sp³-hybridized carbons (Fsp3) is 0.853. The Morgan fingerprint density at radius 2 is 1.81 bits per heavy atom. The van der Waals surface area contributed by atoms with Gasteiger partial charge in [0.1, 0.15) is 0 Å². The predicted octanol–water partition coefficient (Wildman–Crippen LogP) is 9.15. The van der Waals surface area contributed by atoms with Gasteiger partial charge in [-0.15, -0.1) is 0 Å². The number of carbonyl (C=O) groups excluding carboxylic acids is 1. The lowest BCUT2D eigenvalue weighted by molar-refractivity contribution is -0.0560. The van der Waals surface area contributed by atoms with Crippen LogP contribution >= 0.6 is 0 Å². The van der Waals surface area contributed by atoms with Crippen LogP contribution in [-0.2, 0) is 0 Å². The lowest BCUT2D eigenvalue weighted by Crippen LogP contribution is -2.54. The van der Waals surface area contributed by atoms with Crippen LogP contribution in [0.2, 0.25) is 0 Å². The summed E-state index contributed by atoms with van der Waals surface area (Å²) in [5.41, 5.74) is 5.11. The number of unbranched alkanes of at least 4 members (excludes halogenated alkanes) is 2. The lowest BCUT2D eigenvalue weighted by atomic mass is 9.46. The zero-order chi connectivity index (χ0) is 26.4. The number of hydrogen-bond donors (Lipinski definition) is 2. The molecule has 3 heteroatoms. The van der Waals surface area contributed by atoms with Gasteiger partial charge in [0.15, 0.2) is 0 Å². The first kappa shape index (κ1) is 27.3. The summed E-state index contributed by atoms with van der Waals surface area (Å²) in [5, 5.41) is 6.51. The highest BCUT2D eigenvalue weighted by atomic mass is 16.2. The minimum Gasteiger partial charge on any atom is -0.331 e. The summed E-state index contributed by atoms with van der Waals surface area (Å²) in [7, 11) is 0. The van der Waals surface area contributed by atoms with Gasteiger partial charge >= 0.3 is 6.03 Å². The number of allylic oxidation sites excluding steroid dienone is 2. The smallest absolute Gasteiger partial charge is 0.319 e. The highest BCUT2D eigenvalue weighted by Gasteiger charge is 2.59. The second-order valence-electron chi connectivity index (χ2n) is 14.8. The molecular weight excluding hydrogens is 452 g/mol. The number of fused-ring (bicyclic) bond motifs is 5. The summed E-state index contributed by atoms with van der Waals surface area (Å²) in [6.45, 7) is 14.9. The normalized spacial score (nSPS) is 39.7. The Balaban J connectivity index is 1.33. The fourth-order valence-electron chi connectivity index (χ4n) is 10.3.